The molecule has 10 nitrogen and oxygen atoms in total. The zero-order valence-corrected chi connectivity index (χ0v) is 27.1. The average molecular weight is 659 g/mol. The Labute approximate surface area is 277 Å². The number of nitrogens with zero attached hydrogens (tertiary/aromatic N) is 3. The van der Waals surface area contributed by atoms with Crippen molar-refractivity contribution in [3.05, 3.63) is 89.4 Å². The Hall–Kier alpha value is -4.68. The predicted octanol–water partition coefficient (Wildman–Crippen LogP) is 5.17. The van der Waals surface area contributed by atoms with Crippen LogP contribution in [0.3, 0.4) is 0 Å². The quantitative estimate of drug-likeness (QED) is 0.197. The summed E-state index contributed by atoms with van der Waals surface area (Å²) in [4.78, 5) is 45.4. The molecule has 2 aliphatic rings. The maximum atomic E-state index is 15.1. The number of hydrogen-bond acceptors (Lipinski definition) is 6. The van der Waals surface area contributed by atoms with Crippen LogP contribution in [0.25, 0.3) is 16.8 Å². The largest absolute Gasteiger partial charge is 0.391 e. The summed E-state index contributed by atoms with van der Waals surface area (Å²) in [6.45, 7) is 6.52. The zero-order chi connectivity index (χ0) is 34.0. The van der Waals surface area contributed by atoms with E-state index in [-0.39, 0.29) is 34.0 Å². The molecule has 1 aliphatic heterocycles. The number of hydrogen-bond donors (Lipinski definition) is 4. The van der Waals surface area contributed by atoms with E-state index in [2.05, 4.69) is 39.7 Å². The summed E-state index contributed by atoms with van der Waals surface area (Å²) in [5, 5.41) is 18.3. The first-order valence-corrected chi connectivity index (χ1v) is 16.4. The lowest BCUT2D eigenvalue weighted by atomic mass is 9.92. The van der Waals surface area contributed by atoms with Crippen molar-refractivity contribution in [3.63, 3.8) is 0 Å². The topological polar surface area (TPSA) is 128 Å². The molecule has 6 rings (SSSR count). The Kier molecular flexibility index (Phi) is 9.56. The van der Waals surface area contributed by atoms with Crippen LogP contribution in [0, 0.1) is 11.6 Å². The van der Waals surface area contributed by atoms with E-state index in [0.717, 1.165) is 38.3 Å². The van der Waals surface area contributed by atoms with E-state index < -0.39 is 35.6 Å². The van der Waals surface area contributed by atoms with Gasteiger partial charge in [0.1, 0.15) is 23.0 Å². The number of nitrogens with one attached hydrogen (secondary N) is 3. The fourth-order valence-corrected chi connectivity index (χ4v) is 6.67. The number of aromatic nitrogens is 2. The Morgan fingerprint density at radius 2 is 1.73 bits per heavy atom. The van der Waals surface area contributed by atoms with Gasteiger partial charge in [0.25, 0.3) is 17.7 Å². The Morgan fingerprint density at radius 1 is 0.938 bits per heavy atom. The third kappa shape index (κ3) is 7.09. The number of rotatable bonds is 9. The Bertz CT molecular complexity index is 1860. The number of amides is 3. The Morgan fingerprint density at radius 3 is 2.48 bits per heavy atom. The van der Waals surface area contributed by atoms with Crippen LogP contribution in [0.2, 0.25) is 0 Å². The van der Waals surface area contributed by atoms with Crippen molar-refractivity contribution in [2.75, 3.05) is 25.0 Å². The van der Waals surface area contributed by atoms with Crippen molar-refractivity contribution in [2.24, 2.45) is 0 Å². The molecule has 2 aromatic heterocycles. The van der Waals surface area contributed by atoms with E-state index >= 15 is 4.39 Å². The lowest BCUT2D eigenvalue weighted by Gasteiger charge is -2.31. The van der Waals surface area contributed by atoms with Crippen molar-refractivity contribution < 1.29 is 28.3 Å². The minimum absolute atomic E-state index is 0.0979. The molecule has 48 heavy (non-hydrogen) atoms. The monoisotopic (exact) mass is 658 g/mol. The molecule has 2 aromatic carbocycles. The van der Waals surface area contributed by atoms with Gasteiger partial charge in [0.05, 0.1) is 29.6 Å². The van der Waals surface area contributed by atoms with Gasteiger partial charge in [-0.15, -0.1) is 0 Å². The van der Waals surface area contributed by atoms with E-state index in [1.54, 1.807) is 24.4 Å². The van der Waals surface area contributed by atoms with Gasteiger partial charge in [0.2, 0.25) is 0 Å². The highest BCUT2D eigenvalue weighted by Crippen LogP contribution is 2.28. The molecule has 2 fully saturated rings. The summed E-state index contributed by atoms with van der Waals surface area (Å²) in [6, 6.07) is 11.0. The highest BCUT2D eigenvalue weighted by Gasteiger charge is 2.31. The van der Waals surface area contributed by atoms with Crippen molar-refractivity contribution in [2.45, 2.75) is 70.1 Å². The van der Waals surface area contributed by atoms with Gasteiger partial charge in [-0.2, -0.15) is 0 Å². The third-order valence-electron chi connectivity index (χ3n) is 9.56. The van der Waals surface area contributed by atoms with Crippen LogP contribution < -0.4 is 16.0 Å². The molecule has 3 heterocycles. The van der Waals surface area contributed by atoms with Crippen LogP contribution in [-0.2, 0) is 0 Å². The van der Waals surface area contributed by atoms with Crippen LogP contribution in [0.4, 0.5) is 14.5 Å². The van der Waals surface area contributed by atoms with Crippen molar-refractivity contribution >= 4 is 29.1 Å². The number of carbonyl (C=O) groups is 3. The highest BCUT2D eigenvalue weighted by molar-refractivity contribution is 6.04. The number of anilines is 1. The molecular weight excluding hydrogens is 618 g/mol. The van der Waals surface area contributed by atoms with Gasteiger partial charge < -0.3 is 21.1 Å². The second kappa shape index (κ2) is 13.8. The summed E-state index contributed by atoms with van der Waals surface area (Å²) in [7, 11) is 0. The molecule has 3 amide bonds. The van der Waals surface area contributed by atoms with Crippen LogP contribution in [0.15, 0.2) is 60.9 Å². The maximum Gasteiger partial charge on any atom is 0.274 e. The molecule has 252 valence electrons. The van der Waals surface area contributed by atoms with Gasteiger partial charge >= 0.3 is 0 Å². The molecule has 0 radical (unpaired) electrons. The number of aliphatic hydroxyl groups excluding tert-OH is 1. The molecule has 2 atom stereocenters. The summed E-state index contributed by atoms with van der Waals surface area (Å²) >= 11 is 0. The maximum absolute atomic E-state index is 15.1. The predicted molar refractivity (Wildman–Crippen MR) is 178 cm³/mol. The van der Waals surface area contributed by atoms with Gasteiger partial charge in [-0.3, -0.25) is 23.7 Å². The van der Waals surface area contributed by atoms with Gasteiger partial charge in [-0.25, -0.2) is 13.8 Å². The molecule has 0 unspecified atom stereocenters. The third-order valence-corrected chi connectivity index (χ3v) is 9.56. The second-order valence-electron chi connectivity index (χ2n) is 13.2. The van der Waals surface area contributed by atoms with Gasteiger partial charge in [-0.05, 0) is 99.7 Å². The Balaban J connectivity index is 1.11. The standard InChI is InChI=1S/C36H40F2N6O4/c1-36(2)13-5-15-43(36)17-14-39-33(46)24-9-11-26(37)29(19-24)42-35(48)30-21-40-32-20-23(12-16-44(30)32)22-8-10-25(27(38)18-22)34(47)41-28-6-3-4-7-31(28)45/h8-12,16,18-21,28,31,45H,3-7,13-15,17H2,1-2H3,(H,39,46)(H,41,47)(H,42,48)/t28-,31-/m1/s1. The first kappa shape index (κ1) is 33.2. The van der Waals surface area contributed by atoms with E-state index in [1.165, 1.54) is 34.9 Å². The van der Waals surface area contributed by atoms with Gasteiger partial charge in [-0.1, -0.05) is 18.9 Å². The molecular formula is C36H40F2N6O4. The first-order chi connectivity index (χ1) is 23.0. The van der Waals surface area contributed by atoms with Crippen molar-refractivity contribution in [1.29, 1.82) is 0 Å². The van der Waals surface area contributed by atoms with Gasteiger partial charge in [0, 0.05) is 30.4 Å². The molecule has 1 aliphatic carbocycles. The second-order valence-corrected chi connectivity index (χ2v) is 13.2. The fourth-order valence-electron chi connectivity index (χ4n) is 6.67. The van der Waals surface area contributed by atoms with Gasteiger partial charge in [0.15, 0.2) is 0 Å². The number of halogens is 2. The van der Waals surface area contributed by atoms with Crippen LogP contribution in [0.1, 0.15) is 83.6 Å². The zero-order valence-electron chi connectivity index (χ0n) is 27.1. The molecule has 12 heteroatoms. The first-order valence-electron chi connectivity index (χ1n) is 16.4. The summed E-state index contributed by atoms with van der Waals surface area (Å²) in [6.07, 6.45) is 7.57. The smallest absolute Gasteiger partial charge is 0.274 e. The number of pyridine rings is 1. The number of aliphatic hydroxyl groups is 1. The molecule has 1 saturated heterocycles. The summed E-state index contributed by atoms with van der Waals surface area (Å²) < 4.78 is 31.3. The van der Waals surface area contributed by atoms with E-state index in [4.69, 9.17) is 0 Å². The molecule has 4 aromatic rings. The molecule has 4 N–H and O–H groups in total. The number of likely N-dealkylation sites (tertiary alicyclic amines) is 1. The minimum Gasteiger partial charge on any atom is -0.391 e. The number of fused-ring (bicyclic) bond motifs is 1. The SMILES string of the molecule is CC1(C)CCCN1CCNC(=O)c1ccc(F)c(NC(=O)c2cnc3cc(-c4ccc(C(=O)N[C@@H]5CCCC[C@H]5O)c(F)c4)ccn23)c1. The lowest BCUT2D eigenvalue weighted by Crippen LogP contribution is -2.45. The van der Waals surface area contributed by atoms with Crippen LogP contribution in [0.5, 0.6) is 0 Å². The summed E-state index contributed by atoms with van der Waals surface area (Å²) in [5.41, 5.74) is 1.68. The average Bonchev–Trinajstić information content (AvgIpc) is 3.64. The summed E-state index contributed by atoms with van der Waals surface area (Å²) in [5.74, 6) is -2.96. The fraction of sp³-hybridized carbons (Fsp3) is 0.389. The van der Waals surface area contributed by atoms with Crippen LogP contribution in [-0.4, -0.2) is 74.4 Å². The number of carbonyl (C=O) groups excluding carboxylic acids is 3. The molecule has 1 saturated carbocycles. The lowest BCUT2D eigenvalue weighted by molar-refractivity contribution is 0.0714. The number of imidazole rings is 1. The molecule has 0 bridgehead atoms. The van der Waals surface area contributed by atoms with Crippen molar-refractivity contribution in [3.8, 4) is 11.1 Å². The van der Waals surface area contributed by atoms with Crippen LogP contribution >= 0.6 is 0 Å². The van der Waals surface area contributed by atoms with E-state index in [0.29, 0.717) is 42.7 Å². The molecule has 0 spiro atoms. The van der Waals surface area contributed by atoms with E-state index in [1.807, 2.05) is 0 Å². The minimum atomic E-state index is -0.702. The van der Waals surface area contributed by atoms with Crippen molar-refractivity contribution in [1.82, 2.24) is 24.9 Å². The number of benzene rings is 2. The highest BCUT2D eigenvalue weighted by atomic mass is 19.1. The van der Waals surface area contributed by atoms with E-state index in [9.17, 15) is 23.9 Å². The normalized spacial score (nSPS) is 19.3.